The number of nitrogens with one attached hydrogen (secondary N) is 2. The lowest BCUT2D eigenvalue weighted by atomic mass is 9.81. The third-order valence-electron chi connectivity index (χ3n) is 3.58. The van der Waals surface area contributed by atoms with Gasteiger partial charge in [-0.1, -0.05) is 19.8 Å². The van der Waals surface area contributed by atoms with E-state index in [0.29, 0.717) is 18.2 Å². The van der Waals surface area contributed by atoms with Crippen LogP contribution in [0, 0.1) is 18.8 Å². The number of anilines is 1. The number of carbonyl (C=O) groups is 1. The largest absolute Gasteiger partial charge is 0.309 e. The van der Waals surface area contributed by atoms with Crippen LogP contribution in [0.4, 0.5) is 5.82 Å². The summed E-state index contributed by atoms with van der Waals surface area (Å²) in [5.41, 5.74) is 0.965. The summed E-state index contributed by atoms with van der Waals surface area (Å²) < 4.78 is 0. The Bertz CT molecular complexity index is 378. The highest BCUT2D eigenvalue weighted by Gasteiger charge is 2.20. The van der Waals surface area contributed by atoms with Crippen molar-refractivity contribution >= 4 is 11.7 Å². The smallest absolute Gasteiger partial charge is 0.225 e. The topological polar surface area (TPSA) is 57.8 Å². The molecular weight excluding hydrogens is 214 g/mol. The monoisotopic (exact) mass is 235 g/mol. The number of amides is 1. The molecule has 0 bridgehead atoms. The Hall–Kier alpha value is -1.32. The van der Waals surface area contributed by atoms with Gasteiger partial charge in [0.1, 0.15) is 0 Å². The van der Waals surface area contributed by atoms with Gasteiger partial charge in [0.15, 0.2) is 5.82 Å². The highest BCUT2D eigenvalue weighted by molar-refractivity contribution is 5.89. The number of aryl methyl sites for hydroxylation is 1. The molecule has 1 fully saturated rings. The van der Waals surface area contributed by atoms with Crippen molar-refractivity contribution in [3.8, 4) is 0 Å². The van der Waals surface area contributed by atoms with Gasteiger partial charge in [0, 0.05) is 18.2 Å². The summed E-state index contributed by atoms with van der Waals surface area (Å²) in [7, 11) is 0. The third kappa shape index (κ3) is 3.58. The number of H-pyrrole nitrogens is 1. The molecule has 0 radical (unpaired) electrons. The normalized spacial score (nSPS) is 24.6. The van der Waals surface area contributed by atoms with Crippen LogP contribution in [0.3, 0.4) is 0 Å². The molecule has 4 heteroatoms. The lowest BCUT2D eigenvalue weighted by Crippen LogP contribution is -2.20. The van der Waals surface area contributed by atoms with Crippen LogP contribution in [-0.4, -0.2) is 16.1 Å². The van der Waals surface area contributed by atoms with E-state index in [-0.39, 0.29) is 5.91 Å². The number of rotatable bonds is 3. The van der Waals surface area contributed by atoms with E-state index in [1.807, 2.05) is 13.0 Å². The van der Waals surface area contributed by atoms with Crippen molar-refractivity contribution in [2.24, 2.45) is 11.8 Å². The SMILES string of the molecule is Cc1cc(NC(=O)CC2CCC(C)CC2)n[nH]1. The zero-order valence-electron chi connectivity index (χ0n) is 10.6. The zero-order valence-corrected chi connectivity index (χ0v) is 10.6. The molecule has 1 aromatic rings. The fourth-order valence-corrected chi connectivity index (χ4v) is 2.47. The van der Waals surface area contributed by atoms with Crippen LogP contribution in [0.5, 0.6) is 0 Å². The van der Waals surface area contributed by atoms with Gasteiger partial charge in [-0.05, 0) is 31.6 Å². The number of carbonyl (C=O) groups excluding carboxylic acids is 1. The van der Waals surface area contributed by atoms with E-state index in [2.05, 4.69) is 22.4 Å². The van der Waals surface area contributed by atoms with Gasteiger partial charge in [-0.3, -0.25) is 9.89 Å². The van der Waals surface area contributed by atoms with Crippen molar-refractivity contribution in [3.63, 3.8) is 0 Å². The molecule has 2 rings (SSSR count). The van der Waals surface area contributed by atoms with Gasteiger partial charge in [0.05, 0.1) is 0 Å². The molecule has 0 atom stereocenters. The molecule has 4 nitrogen and oxygen atoms in total. The van der Waals surface area contributed by atoms with Crippen LogP contribution in [0.2, 0.25) is 0 Å². The van der Waals surface area contributed by atoms with Crippen molar-refractivity contribution in [3.05, 3.63) is 11.8 Å². The standard InChI is InChI=1S/C13H21N3O/c1-9-3-5-11(6-4-9)8-13(17)14-12-7-10(2)15-16-12/h7,9,11H,3-6,8H2,1-2H3,(H2,14,15,16,17). The number of aromatic amines is 1. The quantitative estimate of drug-likeness (QED) is 0.846. The number of hydrogen-bond donors (Lipinski definition) is 2. The molecule has 1 saturated carbocycles. The molecule has 0 unspecified atom stereocenters. The summed E-state index contributed by atoms with van der Waals surface area (Å²) >= 11 is 0. The van der Waals surface area contributed by atoms with Crippen LogP contribution < -0.4 is 5.32 Å². The zero-order chi connectivity index (χ0) is 12.3. The Labute approximate surface area is 102 Å². The first-order chi connectivity index (χ1) is 8.13. The van der Waals surface area contributed by atoms with Crippen LogP contribution in [0.15, 0.2) is 6.07 Å². The molecule has 0 aromatic carbocycles. The summed E-state index contributed by atoms with van der Waals surface area (Å²) in [4.78, 5) is 11.8. The molecule has 1 heterocycles. The van der Waals surface area contributed by atoms with E-state index < -0.39 is 0 Å². The van der Waals surface area contributed by atoms with E-state index in [4.69, 9.17) is 0 Å². The molecule has 0 spiro atoms. The number of aromatic nitrogens is 2. The van der Waals surface area contributed by atoms with E-state index >= 15 is 0 Å². The lowest BCUT2D eigenvalue weighted by molar-refractivity contribution is -0.117. The lowest BCUT2D eigenvalue weighted by Gasteiger charge is -2.25. The summed E-state index contributed by atoms with van der Waals surface area (Å²) in [6, 6.07) is 1.85. The highest BCUT2D eigenvalue weighted by atomic mass is 16.1. The maximum Gasteiger partial charge on any atom is 0.225 e. The average molecular weight is 235 g/mol. The first-order valence-corrected chi connectivity index (χ1v) is 6.45. The van der Waals surface area contributed by atoms with Gasteiger partial charge in [-0.2, -0.15) is 5.10 Å². The van der Waals surface area contributed by atoms with Crippen LogP contribution >= 0.6 is 0 Å². The maximum absolute atomic E-state index is 11.8. The second-order valence-corrected chi connectivity index (χ2v) is 5.31. The molecule has 2 N–H and O–H groups in total. The molecule has 1 aliphatic carbocycles. The molecule has 1 amide bonds. The minimum absolute atomic E-state index is 0.0936. The van der Waals surface area contributed by atoms with E-state index in [1.54, 1.807) is 0 Å². The van der Waals surface area contributed by atoms with Crippen molar-refractivity contribution in [2.45, 2.75) is 46.0 Å². The summed E-state index contributed by atoms with van der Waals surface area (Å²) in [5.74, 6) is 2.13. The Balaban J connectivity index is 1.77. The van der Waals surface area contributed by atoms with Gasteiger partial charge < -0.3 is 5.32 Å². The predicted molar refractivity (Wildman–Crippen MR) is 67.7 cm³/mol. The van der Waals surface area contributed by atoms with E-state index in [9.17, 15) is 4.79 Å². The first kappa shape index (κ1) is 12.1. The Morgan fingerprint density at radius 1 is 1.47 bits per heavy atom. The fraction of sp³-hybridized carbons (Fsp3) is 0.692. The van der Waals surface area contributed by atoms with E-state index in [0.717, 1.165) is 11.6 Å². The van der Waals surface area contributed by atoms with Crippen molar-refractivity contribution in [1.29, 1.82) is 0 Å². The average Bonchev–Trinajstić information content (AvgIpc) is 2.67. The van der Waals surface area contributed by atoms with Crippen molar-refractivity contribution < 1.29 is 4.79 Å². The second kappa shape index (κ2) is 5.34. The van der Waals surface area contributed by atoms with E-state index in [1.165, 1.54) is 25.7 Å². The molecule has 1 aromatic heterocycles. The van der Waals surface area contributed by atoms with Gasteiger partial charge >= 0.3 is 0 Å². The highest BCUT2D eigenvalue weighted by Crippen LogP contribution is 2.30. The maximum atomic E-state index is 11.8. The summed E-state index contributed by atoms with van der Waals surface area (Å²) in [6.45, 7) is 4.22. The molecule has 94 valence electrons. The van der Waals surface area contributed by atoms with Crippen molar-refractivity contribution in [1.82, 2.24) is 10.2 Å². The minimum Gasteiger partial charge on any atom is -0.309 e. The molecule has 1 aliphatic rings. The Kier molecular flexibility index (Phi) is 3.82. The second-order valence-electron chi connectivity index (χ2n) is 5.31. The minimum atomic E-state index is 0.0936. The number of hydrogen-bond acceptors (Lipinski definition) is 2. The Morgan fingerprint density at radius 3 is 2.76 bits per heavy atom. The van der Waals surface area contributed by atoms with Crippen LogP contribution in [0.1, 0.15) is 44.7 Å². The summed E-state index contributed by atoms with van der Waals surface area (Å²) in [5, 5.41) is 9.66. The van der Waals surface area contributed by atoms with Crippen molar-refractivity contribution in [2.75, 3.05) is 5.32 Å². The first-order valence-electron chi connectivity index (χ1n) is 6.45. The van der Waals surface area contributed by atoms with Crippen LogP contribution in [-0.2, 0) is 4.79 Å². The Morgan fingerprint density at radius 2 is 2.18 bits per heavy atom. The van der Waals surface area contributed by atoms with Gasteiger partial charge in [-0.25, -0.2) is 0 Å². The molecule has 17 heavy (non-hydrogen) atoms. The number of nitrogens with zero attached hydrogens (tertiary/aromatic N) is 1. The van der Waals surface area contributed by atoms with Crippen LogP contribution in [0.25, 0.3) is 0 Å². The molecule has 0 saturated heterocycles. The molecule has 0 aliphatic heterocycles. The van der Waals surface area contributed by atoms with Gasteiger partial charge in [-0.15, -0.1) is 0 Å². The van der Waals surface area contributed by atoms with Gasteiger partial charge in [0.25, 0.3) is 0 Å². The summed E-state index contributed by atoms with van der Waals surface area (Å²) in [6.07, 6.45) is 5.54. The van der Waals surface area contributed by atoms with Gasteiger partial charge in [0.2, 0.25) is 5.91 Å². The third-order valence-corrected chi connectivity index (χ3v) is 3.58. The fourth-order valence-electron chi connectivity index (χ4n) is 2.47. The molecular formula is C13H21N3O. The predicted octanol–water partition coefficient (Wildman–Crippen LogP) is 2.87.